The van der Waals surface area contributed by atoms with Gasteiger partial charge >= 0.3 is 0 Å². The molecule has 0 bridgehead atoms. The highest BCUT2D eigenvalue weighted by Crippen LogP contribution is 2.40. The first-order valence-electron chi connectivity index (χ1n) is 12.7. The van der Waals surface area contributed by atoms with Crippen molar-refractivity contribution < 1.29 is 18.3 Å². The van der Waals surface area contributed by atoms with Gasteiger partial charge in [0.25, 0.3) is 0 Å². The third-order valence-electron chi connectivity index (χ3n) is 7.87. The van der Waals surface area contributed by atoms with Crippen molar-refractivity contribution in [1.29, 1.82) is 0 Å². The molecule has 0 radical (unpaired) electrons. The Morgan fingerprint density at radius 1 is 0.875 bits per heavy atom. The number of rotatable bonds is 8. The molecule has 176 valence electrons. The summed E-state index contributed by atoms with van der Waals surface area (Å²) in [5.74, 6) is 0.904. The molecule has 0 N–H and O–H groups in total. The molecule has 4 rings (SSSR count). The number of halogens is 2. The number of ether oxygens (including phenoxy) is 2. The predicted octanol–water partition coefficient (Wildman–Crippen LogP) is 8.02. The van der Waals surface area contributed by atoms with E-state index in [2.05, 4.69) is 25.2 Å². The minimum absolute atomic E-state index is 0.00868. The first-order valence-corrected chi connectivity index (χ1v) is 12.7. The molecule has 1 aromatic carbocycles. The number of allylic oxidation sites excluding steroid dienone is 3. The van der Waals surface area contributed by atoms with Crippen LogP contribution in [-0.2, 0) is 0 Å². The van der Waals surface area contributed by atoms with Crippen molar-refractivity contribution in [2.24, 2.45) is 23.7 Å². The Balaban J connectivity index is 1.24. The Morgan fingerprint density at radius 3 is 2.19 bits per heavy atom. The molecule has 2 nitrogen and oxygen atoms in total. The normalized spacial score (nSPS) is 27.0. The largest absolute Gasteiger partial charge is 0.490 e. The van der Waals surface area contributed by atoms with Crippen LogP contribution in [-0.4, -0.2) is 13.2 Å². The van der Waals surface area contributed by atoms with Crippen LogP contribution in [0.4, 0.5) is 8.78 Å². The minimum Gasteiger partial charge on any atom is -0.490 e. The van der Waals surface area contributed by atoms with Gasteiger partial charge in [-0.1, -0.05) is 31.1 Å². The molecule has 2 saturated carbocycles. The molecule has 0 amide bonds. The molecule has 4 heteroatoms. The van der Waals surface area contributed by atoms with Gasteiger partial charge in [0.05, 0.1) is 6.61 Å². The number of benzene rings is 1. The highest BCUT2D eigenvalue weighted by atomic mass is 19.2. The summed E-state index contributed by atoms with van der Waals surface area (Å²) < 4.78 is 40.2. The molecule has 32 heavy (non-hydrogen) atoms. The van der Waals surface area contributed by atoms with Crippen LogP contribution in [0.1, 0.15) is 77.6 Å². The summed E-state index contributed by atoms with van der Waals surface area (Å²) in [6.45, 7) is 2.90. The average molecular weight is 445 g/mol. The molecule has 0 aliphatic heterocycles. The van der Waals surface area contributed by atoms with Gasteiger partial charge < -0.3 is 9.47 Å². The zero-order valence-electron chi connectivity index (χ0n) is 19.5. The zero-order chi connectivity index (χ0) is 22.3. The summed E-state index contributed by atoms with van der Waals surface area (Å²) in [5.41, 5.74) is 1.20. The summed E-state index contributed by atoms with van der Waals surface area (Å²) in [7, 11) is 0. The van der Waals surface area contributed by atoms with E-state index in [1.807, 2.05) is 0 Å². The summed E-state index contributed by atoms with van der Waals surface area (Å²) in [6, 6.07) is 3.00. The third-order valence-corrected chi connectivity index (χ3v) is 7.87. The van der Waals surface area contributed by atoms with Crippen molar-refractivity contribution >= 4 is 0 Å². The maximum atomic E-state index is 14.5. The van der Waals surface area contributed by atoms with Crippen LogP contribution in [0.5, 0.6) is 11.5 Å². The standard InChI is InChI=1S/C28H38F2O2/c1-2-5-20-8-12-23(13-9-20)24-14-10-22(11-15-24)19-32-26-17-16-25(27(29)28(26)30)31-18-21-6-3-4-7-21/h2,5,10,16-17,20-21,23-24H,3-4,6-9,11-15,18-19H2,1H3/b5-2+. The summed E-state index contributed by atoms with van der Waals surface area (Å²) in [5, 5.41) is 0. The molecular weight excluding hydrogens is 406 g/mol. The Hall–Kier alpha value is -1.84. The van der Waals surface area contributed by atoms with Gasteiger partial charge in [-0.3, -0.25) is 0 Å². The minimum atomic E-state index is -0.943. The van der Waals surface area contributed by atoms with Crippen molar-refractivity contribution in [3.05, 3.63) is 47.6 Å². The maximum absolute atomic E-state index is 14.5. The summed E-state index contributed by atoms with van der Waals surface area (Å²) in [4.78, 5) is 0. The quantitative estimate of drug-likeness (QED) is 0.378. The van der Waals surface area contributed by atoms with Gasteiger partial charge in [0.1, 0.15) is 6.61 Å². The van der Waals surface area contributed by atoms with Crippen molar-refractivity contribution in [2.75, 3.05) is 13.2 Å². The van der Waals surface area contributed by atoms with Crippen LogP contribution in [0.25, 0.3) is 0 Å². The SMILES string of the molecule is C/C=C/C1CCC(C2CC=C(COc3ccc(OCC4CCCC4)c(F)c3F)CC2)CC1. The molecule has 2 fully saturated rings. The van der Waals surface area contributed by atoms with E-state index in [0.29, 0.717) is 19.1 Å². The van der Waals surface area contributed by atoms with E-state index in [-0.39, 0.29) is 11.5 Å². The lowest BCUT2D eigenvalue weighted by atomic mass is 9.71. The molecular formula is C28H38F2O2. The van der Waals surface area contributed by atoms with Gasteiger partial charge in [-0.05, 0) is 106 Å². The second-order valence-electron chi connectivity index (χ2n) is 10.0. The summed E-state index contributed by atoms with van der Waals surface area (Å²) >= 11 is 0. The molecule has 3 aliphatic rings. The molecule has 3 aliphatic carbocycles. The first kappa shape index (κ1) is 23.3. The second-order valence-corrected chi connectivity index (χ2v) is 10.0. The van der Waals surface area contributed by atoms with Crippen molar-refractivity contribution in [1.82, 2.24) is 0 Å². The van der Waals surface area contributed by atoms with Crippen LogP contribution in [0.15, 0.2) is 35.9 Å². The lowest BCUT2D eigenvalue weighted by molar-refractivity contribution is 0.206. The average Bonchev–Trinajstić information content (AvgIpc) is 3.34. The lowest BCUT2D eigenvalue weighted by Gasteiger charge is -2.34. The van der Waals surface area contributed by atoms with E-state index in [0.717, 1.165) is 43.4 Å². The molecule has 1 unspecified atom stereocenters. The molecule has 0 heterocycles. The molecule has 1 aromatic rings. The van der Waals surface area contributed by atoms with E-state index in [9.17, 15) is 8.78 Å². The highest BCUT2D eigenvalue weighted by Gasteiger charge is 2.28. The number of hydrogen-bond donors (Lipinski definition) is 0. The summed E-state index contributed by atoms with van der Waals surface area (Å²) in [6.07, 6.45) is 20.0. The van der Waals surface area contributed by atoms with Gasteiger partial charge in [-0.25, -0.2) is 0 Å². The van der Waals surface area contributed by atoms with E-state index in [1.165, 1.54) is 62.7 Å². The molecule has 1 atom stereocenters. The fraction of sp³-hybridized carbons (Fsp3) is 0.643. The Morgan fingerprint density at radius 2 is 1.56 bits per heavy atom. The van der Waals surface area contributed by atoms with Crippen LogP contribution in [0.3, 0.4) is 0 Å². The Kier molecular flexibility index (Phi) is 8.26. The second kappa shape index (κ2) is 11.3. The molecule has 0 aromatic heterocycles. The van der Waals surface area contributed by atoms with Crippen LogP contribution >= 0.6 is 0 Å². The third kappa shape index (κ3) is 5.94. The smallest absolute Gasteiger partial charge is 0.204 e. The molecule has 0 saturated heterocycles. The maximum Gasteiger partial charge on any atom is 0.204 e. The monoisotopic (exact) mass is 444 g/mol. The Labute approximate surface area is 192 Å². The van der Waals surface area contributed by atoms with Gasteiger partial charge in [0.2, 0.25) is 11.6 Å². The van der Waals surface area contributed by atoms with Gasteiger partial charge in [0, 0.05) is 0 Å². The number of hydrogen-bond acceptors (Lipinski definition) is 2. The van der Waals surface area contributed by atoms with Gasteiger partial charge in [-0.2, -0.15) is 8.78 Å². The van der Waals surface area contributed by atoms with Crippen molar-refractivity contribution in [3.63, 3.8) is 0 Å². The van der Waals surface area contributed by atoms with Crippen LogP contribution in [0, 0.1) is 35.3 Å². The topological polar surface area (TPSA) is 18.5 Å². The fourth-order valence-corrected chi connectivity index (χ4v) is 5.84. The predicted molar refractivity (Wildman–Crippen MR) is 125 cm³/mol. The highest BCUT2D eigenvalue weighted by molar-refractivity contribution is 5.35. The van der Waals surface area contributed by atoms with E-state index in [4.69, 9.17) is 9.47 Å². The van der Waals surface area contributed by atoms with Crippen molar-refractivity contribution in [2.45, 2.75) is 77.6 Å². The van der Waals surface area contributed by atoms with E-state index in [1.54, 1.807) is 0 Å². The van der Waals surface area contributed by atoms with Crippen LogP contribution < -0.4 is 9.47 Å². The van der Waals surface area contributed by atoms with Crippen LogP contribution in [0.2, 0.25) is 0 Å². The van der Waals surface area contributed by atoms with Gasteiger partial charge in [0.15, 0.2) is 11.5 Å². The van der Waals surface area contributed by atoms with Gasteiger partial charge in [-0.15, -0.1) is 0 Å². The zero-order valence-corrected chi connectivity index (χ0v) is 19.5. The first-order chi connectivity index (χ1) is 15.6. The van der Waals surface area contributed by atoms with Crippen molar-refractivity contribution in [3.8, 4) is 11.5 Å². The fourth-order valence-electron chi connectivity index (χ4n) is 5.84. The lowest BCUT2D eigenvalue weighted by Crippen LogP contribution is -2.23. The van der Waals surface area contributed by atoms with E-state index < -0.39 is 11.6 Å². The van der Waals surface area contributed by atoms with E-state index >= 15 is 0 Å². The molecule has 0 spiro atoms. The Bertz CT molecular complexity index is 802.